The average Bonchev–Trinajstić information content (AvgIpc) is 3.32. The maximum Gasteiger partial charge on any atom is 0.276 e. The topological polar surface area (TPSA) is 75.4 Å². The standard InChI is InChI=1S/C24H22F3N3O3/c25-20(17-5-2-1-3-6-17)21(31)28-13-16-7-9-18(10-8-16)22-29-19(14-33-22)23(32)30-12-4-11-24(26,27)15-30/h1-3,5-10,14,20H,4,11-13,15H2,(H,28,31). The summed E-state index contributed by atoms with van der Waals surface area (Å²) in [5, 5.41) is 2.55. The van der Waals surface area contributed by atoms with E-state index in [2.05, 4.69) is 10.3 Å². The van der Waals surface area contributed by atoms with Crippen LogP contribution in [0, 0.1) is 0 Å². The highest BCUT2D eigenvalue weighted by molar-refractivity contribution is 5.92. The summed E-state index contributed by atoms with van der Waals surface area (Å²) in [7, 11) is 0. The molecule has 1 fully saturated rings. The van der Waals surface area contributed by atoms with Gasteiger partial charge in [0.05, 0.1) is 6.54 Å². The van der Waals surface area contributed by atoms with Gasteiger partial charge in [-0.15, -0.1) is 0 Å². The Labute approximate surface area is 188 Å². The zero-order chi connectivity index (χ0) is 23.4. The van der Waals surface area contributed by atoms with Gasteiger partial charge >= 0.3 is 0 Å². The van der Waals surface area contributed by atoms with Crippen molar-refractivity contribution in [3.05, 3.63) is 77.7 Å². The van der Waals surface area contributed by atoms with Crippen LogP contribution in [-0.2, 0) is 11.3 Å². The Kier molecular flexibility index (Phi) is 6.48. The van der Waals surface area contributed by atoms with Gasteiger partial charge in [0.15, 0.2) is 5.69 Å². The monoisotopic (exact) mass is 457 g/mol. The SMILES string of the molecule is O=C(NCc1ccc(-c2nc(C(=O)N3CCCC(F)(F)C3)co2)cc1)C(F)c1ccccc1. The number of carbonyl (C=O) groups is 2. The molecule has 0 bridgehead atoms. The number of carbonyl (C=O) groups excluding carboxylic acids is 2. The van der Waals surface area contributed by atoms with Crippen LogP contribution in [0.1, 0.15) is 40.6 Å². The summed E-state index contributed by atoms with van der Waals surface area (Å²) in [5.41, 5.74) is 1.55. The Morgan fingerprint density at radius 2 is 1.85 bits per heavy atom. The molecule has 1 saturated heterocycles. The molecule has 0 spiro atoms. The van der Waals surface area contributed by atoms with E-state index in [0.29, 0.717) is 5.56 Å². The van der Waals surface area contributed by atoms with Gasteiger partial charge in [-0.25, -0.2) is 18.2 Å². The van der Waals surface area contributed by atoms with E-state index in [4.69, 9.17) is 4.42 Å². The number of nitrogens with one attached hydrogen (secondary N) is 1. The van der Waals surface area contributed by atoms with Crippen molar-refractivity contribution in [1.29, 1.82) is 0 Å². The van der Waals surface area contributed by atoms with Crippen LogP contribution in [-0.4, -0.2) is 40.7 Å². The van der Waals surface area contributed by atoms with E-state index in [1.54, 1.807) is 54.6 Å². The summed E-state index contributed by atoms with van der Waals surface area (Å²) >= 11 is 0. The first kappa shape index (κ1) is 22.6. The lowest BCUT2D eigenvalue weighted by molar-refractivity contribution is -0.126. The number of aromatic nitrogens is 1. The van der Waals surface area contributed by atoms with E-state index in [9.17, 15) is 22.8 Å². The van der Waals surface area contributed by atoms with Crippen molar-refractivity contribution < 1.29 is 27.2 Å². The maximum absolute atomic E-state index is 14.3. The highest BCUT2D eigenvalue weighted by Crippen LogP contribution is 2.28. The number of hydrogen-bond acceptors (Lipinski definition) is 4. The number of amides is 2. The van der Waals surface area contributed by atoms with E-state index < -0.39 is 30.5 Å². The number of likely N-dealkylation sites (tertiary alicyclic amines) is 1. The Morgan fingerprint density at radius 3 is 2.55 bits per heavy atom. The smallest absolute Gasteiger partial charge is 0.276 e. The molecular formula is C24H22F3N3O3. The van der Waals surface area contributed by atoms with Crippen molar-refractivity contribution in [3.8, 4) is 11.5 Å². The summed E-state index contributed by atoms with van der Waals surface area (Å²) < 4.78 is 46.8. The second-order valence-electron chi connectivity index (χ2n) is 7.91. The number of halogens is 3. The molecule has 6 nitrogen and oxygen atoms in total. The van der Waals surface area contributed by atoms with Gasteiger partial charge in [0.25, 0.3) is 17.7 Å². The maximum atomic E-state index is 14.3. The fourth-order valence-corrected chi connectivity index (χ4v) is 3.62. The number of alkyl halides is 3. The predicted octanol–water partition coefficient (Wildman–Crippen LogP) is 4.54. The minimum atomic E-state index is -2.89. The third-order valence-corrected chi connectivity index (χ3v) is 5.39. The molecular weight excluding hydrogens is 435 g/mol. The van der Waals surface area contributed by atoms with Crippen molar-refractivity contribution in [1.82, 2.24) is 15.2 Å². The van der Waals surface area contributed by atoms with Gasteiger partial charge in [-0.2, -0.15) is 0 Å². The Balaban J connectivity index is 1.35. The molecule has 9 heteroatoms. The van der Waals surface area contributed by atoms with Gasteiger partial charge < -0.3 is 14.6 Å². The summed E-state index contributed by atoms with van der Waals surface area (Å²) in [4.78, 5) is 29.8. The summed E-state index contributed by atoms with van der Waals surface area (Å²) in [6, 6.07) is 15.0. The first-order valence-electron chi connectivity index (χ1n) is 10.5. The molecule has 1 unspecified atom stereocenters. The number of nitrogens with zero attached hydrogens (tertiary/aromatic N) is 2. The largest absolute Gasteiger partial charge is 0.444 e. The molecule has 2 amide bonds. The fraction of sp³-hybridized carbons (Fsp3) is 0.292. The van der Waals surface area contributed by atoms with Gasteiger partial charge in [0, 0.05) is 25.1 Å². The minimum Gasteiger partial charge on any atom is -0.444 e. The van der Waals surface area contributed by atoms with E-state index in [0.717, 1.165) is 16.7 Å². The molecule has 3 aromatic rings. The fourth-order valence-electron chi connectivity index (χ4n) is 3.62. The molecule has 1 N–H and O–H groups in total. The molecule has 0 aliphatic carbocycles. The van der Waals surface area contributed by atoms with Crippen LogP contribution in [0.5, 0.6) is 0 Å². The zero-order valence-electron chi connectivity index (χ0n) is 17.6. The zero-order valence-corrected chi connectivity index (χ0v) is 17.6. The van der Waals surface area contributed by atoms with E-state index >= 15 is 0 Å². The molecule has 2 aromatic carbocycles. The molecule has 0 saturated carbocycles. The van der Waals surface area contributed by atoms with Gasteiger partial charge in [-0.3, -0.25) is 9.59 Å². The van der Waals surface area contributed by atoms with E-state index in [1.165, 1.54) is 0 Å². The van der Waals surface area contributed by atoms with Crippen LogP contribution < -0.4 is 5.32 Å². The summed E-state index contributed by atoms with van der Waals surface area (Å²) in [5.74, 6) is -4.05. The van der Waals surface area contributed by atoms with Gasteiger partial charge in [-0.05, 0) is 29.7 Å². The normalized spacial score (nSPS) is 16.3. The number of hydrogen-bond donors (Lipinski definition) is 1. The first-order chi connectivity index (χ1) is 15.8. The van der Waals surface area contributed by atoms with Crippen molar-refractivity contribution in [2.75, 3.05) is 13.1 Å². The number of benzene rings is 2. The Hall–Kier alpha value is -3.62. The first-order valence-corrected chi connectivity index (χ1v) is 10.5. The lowest BCUT2D eigenvalue weighted by atomic mass is 10.1. The summed E-state index contributed by atoms with van der Waals surface area (Å²) in [6.45, 7) is -0.246. The molecule has 1 aromatic heterocycles. The molecule has 0 radical (unpaired) electrons. The van der Waals surface area contributed by atoms with E-state index in [1.807, 2.05) is 0 Å². The predicted molar refractivity (Wildman–Crippen MR) is 114 cm³/mol. The van der Waals surface area contributed by atoms with Crippen LogP contribution in [0.3, 0.4) is 0 Å². The molecule has 4 rings (SSSR count). The third-order valence-electron chi connectivity index (χ3n) is 5.39. The quantitative estimate of drug-likeness (QED) is 0.590. The molecule has 1 atom stereocenters. The van der Waals surface area contributed by atoms with Crippen molar-refractivity contribution in [3.63, 3.8) is 0 Å². The van der Waals surface area contributed by atoms with Crippen molar-refractivity contribution in [2.24, 2.45) is 0 Å². The molecule has 172 valence electrons. The van der Waals surface area contributed by atoms with Gasteiger partial charge in [0.1, 0.15) is 6.26 Å². The van der Waals surface area contributed by atoms with Crippen LogP contribution in [0.25, 0.3) is 11.5 Å². The van der Waals surface area contributed by atoms with Gasteiger partial charge in [0.2, 0.25) is 12.1 Å². The van der Waals surface area contributed by atoms with Crippen LogP contribution in [0.4, 0.5) is 13.2 Å². The number of piperidine rings is 1. The van der Waals surface area contributed by atoms with Gasteiger partial charge in [-0.1, -0.05) is 42.5 Å². The lowest BCUT2D eigenvalue weighted by Crippen LogP contribution is -2.45. The molecule has 33 heavy (non-hydrogen) atoms. The minimum absolute atomic E-state index is 0.0334. The average molecular weight is 457 g/mol. The number of oxazole rings is 1. The third kappa shape index (κ3) is 5.42. The second kappa shape index (κ2) is 9.48. The van der Waals surface area contributed by atoms with Crippen LogP contribution in [0.15, 0.2) is 65.3 Å². The Morgan fingerprint density at radius 1 is 1.12 bits per heavy atom. The molecule has 1 aliphatic rings. The number of rotatable bonds is 6. The highest BCUT2D eigenvalue weighted by Gasteiger charge is 2.38. The Bertz CT molecular complexity index is 1120. The van der Waals surface area contributed by atoms with Crippen molar-refractivity contribution in [2.45, 2.75) is 31.5 Å². The lowest BCUT2D eigenvalue weighted by Gasteiger charge is -2.31. The van der Waals surface area contributed by atoms with Crippen LogP contribution in [0.2, 0.25) is 0 Å². The molecule has 1 aliphatic heterocycles. The van der Waals surface area contributed by atoms with Crippen LogP contribution >= 0.6 is 0 Å². The highest BCUT2D eigenvalue weighted by atomic mass is 19.3. The summed E-state index contributed by atoms with van der Waals surface area (Å²) in [6.07, 6.45) is -0.598. The van der Waals surface area contributed by atoms with Crippen molar-refractivity contribution >= 4 is 11.8 Å². The second-order valence-corrected chi connectivity index (χ2v) is 7.91. The van der Waals surface area contributed by atoms with E-state index in [-0.39, 0.29) is 43.1 Å². The molecule has 2 heterocycles.